The molecule has 0 radical (unpaired) electrons. The SMILES string of the molecule is CCOC(=O)C(N)CCSCc1nc(C(C)(C)C)cs1. The summed E-state index contributed by atoms with van der Waals surface area (Å²) >= 11 is 3.45. The zero-order chi connectivity index (χ0) is 15.2. The van der Waals surface area contributed by atoms with E-state index in [1.54, 1.807) is 30.0 Å². The number of carbonyl (C=O) groups excluding carboxylic acids is 1. The second kappa shape index (κ2) is 8.00. The lowest BCUT2D eigenvalue weighted by Gasteiger charge is -2.14. The van der Waals surface area contributed by atoms with Crippen LogP contribution in [0.15, 0.2) is 5.38 Å². The third-order valence-corrected chi connectivity index (χ3v) is 4.74. The number of carbonyl (C=O) groups is 1. The molecule has 4 nitrogen and oxygen atoms in total. The number of esters is 1. The lowest BCUT2D eigenvalue weighted by molar-refractivity contribution is -0.144. The molecule has 0 amide bonds. The van der Waals surface area contributed by atoms with Crippen LogP contribution in [0.25, 0.3) is 0 Å². The average molecular weight is 316 g/mol. The number of thiazole rings is 1. The summed E-state index contributed by atoms with van der Waals surface area (Å²) in [6, 6.07) is -0.510. The van der Waals surface area contributed by atoms with Crippen LogP contribution in [-0.4, -0.2) is 29.4 Å². The van der Waals surface area contributed by atoms with Gasteiger partial charge in [0.25, 0.3) is 0 Å². The highest BCUT2D eigenvalue weighted by Gasteiger charge is 2.17. The number of thioether (sulfide) groups is 1. The van der Waals surface area contributed by atoms with Crippen LogP contribution in [0.2, 0.25) is 0 Å². The summed E-state index contributed by atoms with van der Waals surface area (Å²) in [4.78, 5) is 16.0. The van der Waals surface area contributed by atoms with Gasteiger partial charge in [0, 0.05) is 16.5 Å². The Morgan fingerprint density at radius 1 is 1.55 bits per heavy atom. The van der Waals surface area contributed by atoms with Gasteiger partial charge < -0.3 is 10.5 Å². The lowest BCUT2D eigenvalue weighted by Crippen LogP contribution is -2.32. The highest BCUT2D eigenvalue weighted by atomic mass is 32.2. The predicted molar refractivity (Wildman–Crippen MR) is 86.2 cm³/mol. The molecule has 114 valence electrons. The second-order valence-corrected chi connectivity index (χ2v) is 7.62. The Morgan fingerprint density at radius 2 is 2.25 bits per heavy atom. The summed E-state index contributed by atoms with van der Waals surface area (Å²) in [6.45, 7) is 8.66. The topological polar surface area (TPSA) is 65.2 Å². The number of hydrogen-bond acceptors (Lipinski definition) is 6. The zero-order valence-corrected chi connectivity index (χ0v) is 14.3. The molecular weight excluding hydrogens is 292 g/mol. The lowest BCUT2D eigenvalue weighted by atomic mass is 9.93. The maximum atomic E-state index is 11.4. The molecule has 0 aromatic carbocycles. The van der Waals surface area contributed by atoms with E-state index in [4.69, 9.17) is 10.5 Å². The van der Waals surface area contributed by atoms with Gasteiger partial charge in [-0.1, -0.05) is 20.8 Å². The van der Waals surface area contributed by atoms with Crippen LogP contribution in [-0.2, 0) is 20.7 Å². The van der Waals surface area contributed by atoms with Gasteiger partial charge in [0.1, 0.15) is 11.0 Å². The molecule has 0 saturated carbocycles. The second-order valence-electron chi connectivity index (χ2n) is 5.58. The van der Waals surface area contributed by atoms with E-state index < -0.39 is 6.04 Å². The zero-order valence-electron chi connectivity index (χ0n) is 12.6. The molecular formula is C14H24N2O2S2. The first-order chi connectivity index (χ1) is 9.34. The molecule has 0 fully saturated rings. The highest BCUT2D eigenvalue weighted by molar-refractivity contribution is 7.98. The van der Waals surface area contributed by atoms with Crippen molar-refractivity contribution in [2.75, 3.05) is 12.4 Å². The maximum Gasteiger partial charge on any atom is 0.322 e. The molecule has 1 atom stereocenters. The summed E-state index contributed by atoms with van der Waals surface area (Å²) in [5, 5.41) is 3.25. The van der Waals surface area contributed by atoms with Crippen LogP contribution in [0.1, 0.15) is 44.8 Å². The van der Waals surface area contributed by atoms with Gasteiger partial charge in [0.15, 0.2) is 0 Å². The van der Waals surface area contributed by atoms with Crippen molar-refractivity contribution in [1.82, 2.24) is 4.98 Å². The van der Waals surface area contributed by atoms with Gasteiger partial charge in [-0.2, -0.15) is 11.8 Å². The first-order valence-corrected chi connectivity index (χ1v) is 8.83. The molecule has 0 aliphatic carbocycles. The minimum atomic E-state index is -0.510. The molecule has 0 aliphatic heterocycles. The van der Waals surface area contributed by atoms with Gasteiger partial charge in [-0.05, 0) is 19.1 Å². The Kier molecular flexibility index (Phi) is 6.99. The first kappa shape index (κ1) is 17.5. The molecule has 20 heavy (non-hydrogen) atoms. The average Bonchev–Trinajstić information content (AvgIpc) is 2.83. The molecule has 0 aliphatic rings. The summed E-state index contributed by atoms with van der Waals surface area (Å²) in [7, 11) is 0. The largest absolute Gasteiger partial charge is 0.465 e. The van der Waals surface area contributed by atoms with Crippen LogP contribution >= 0.6 is 23.1 Å². The van der Waals surface area contributed by atoms with Crippen molar-refractivity contribution in [3.05, 3.63) is 16.1 Å². The van der Waals surface area contributed by atoms with E-state index in [1.165, 1.54) is 0 Å². The van der Waals surface area contributed by atoms with Gasteiger partial charge in [0.05, 0.1) is 12.3 Å². The number of ether oxygens (including phenoxy) is 1. The minimum absolute atomic E-state index is 0.103. The van der Waals surface area contributed by atoms with Gasteiger partial charge in [-0.3, -0.25) is 4.79 Å². The van der Waals surface area contributed by atoms with E-state index in [1.807, 2.05) is 0 Å². The van der Waals surface area contributed by atoms with Gasteiger partial charge >= 0.3 is 5.97 Å². The number of nitrogens with two attached hydrogens (primary N) is 1. The smallest absolute Gasteiger partial charge is 0.322 e. The van der Waals surface area contributed by atoms with Crippen LogP contribution < -0.4 is 5.73 Å². The third kappa shape index (κ3) is 5.81. The number of hydrogen-bond donors (Lipinski definition) is 1. The van der Waals surface area contributed by atoms with Crippen molar-refractivity contribution in [3.63, 3.8) is 0 Å². The Bertz CT molecular complexity index is 427. The van der Waals surface area contributed by atoms with E-state index in [2.05, 4.69) is 31.1 Å². The molecule has 1 heterocycles. The third-order valence-electron chi connectivity index (χ3n) is 2.71. The van der Waals surface area contributed by atoms with Crippen LogP contribution in [0.5, 0.6) is 0 Å². The molecule has 1 aromatic rings. The van der Waals surface area contributed by atoms with Crippen LogP contribution in [0.3, 0.4) is 0 Å². The van der Waals surface area contributed by atoms with E-state index >= 15 is 0 Å². The van der Waals surface area contributed by atoms with Crippen molar-refractivity contribution >= 4 is 29.1 Å². The van der Waals surface area contributed by atoms with Gasteiger partial charge in [-0.25, -0.2) is 4.98 Å². The van der Waals surface area contributed by atoms with Crippen LogP contribution in [0, 0.1) is 0 Å². The van der Waals surface area contributed by atoms with E-state index in [0.717, 1.165) is 22.2 Å². The van der Waals surface area contributed by atoms with Crippen molar-refractivity contribution in [2.45, 2.75) is 51.3 Å². The maximum absolute atomic E-state index is 11.4. The number of rotatable bonds is 7. The van der Waals surface area contributed by atoms with Crippen molar-refractivity contribution in [1.29, 1.82) is 0 Å². The number of aromatic nitrogens is 1. The summed E-state index contributed by atoms with van der Waals surface area (Å²) in [5.41, 5.74) is 6.99. The highest BCUT2D eigenvalue weighted by Crippen LogP contribution is 2.26. The van der Waals surface area contributed by atoms with E-state index in [0.29, 0.717) is 13.0 Å². The van der Waals surface area contributed by atoms with Crippen molar-refractivity contribution < 1.29 is 9.53 Å². The molecule has 1 aromatic heterocycles. The Morgan fingerprint density at radius 3 is 2.80 bits per heavy atom. The summed E-state index contributed by atoms with van der Waals surface area (Å²) in [6.07, 6.45) is 0.640. The molecule has 2 N–H and O–H groups in total. The summed E-state index contributed by atoms with van der Waals surface area (Å²) < 4.78 is 4.88. The standard InChI is InChI=1S/C14H24N2O2S2/c1-5-18-13(17)10(15)6-7-19-9-12-16-11(8-20-12)14(2,3)4/h8,10H,5-7,9,15H2,1-4H3. The minimum Gasteiger partial charge on any atom is -0.465 e. The fourth-order valence-corrected chi connectivity index (χ4v) is 3.59. The first-order valence-electron chi connectivity index (χ1n) is 6.79. The quantitative estimate of drug-likeness (QED) is 0.619. The van der Waals surface area contributed by atoms with E-state index in [9.17, 15) is 4.79 Å². The molecule has 0 spiro atoms. The normalized spacial score (nSPS) is 13.2. The molecule has 1 rings (SSSR count). The molecule has 0 bridgehead atoms. The molecule has 0 saturated heterocycles. The Labute approximate surface area is 129 Å². The van der Waals surface area contributed by atoms with Crippen molar-refractivity contribution in [3.8, 4) is 0 Å². The fourth-order valence-electron chi connectivity index (χ4n) is 1.46. The molecule has 6 heteroatoms. The predicted octanol–water partition coefficient (Wildman–Crippen LogP) is 2.95. The molecule has 1 unspecified atom stereocenters. The Hall–Kier alpha value is -0.590. The summed E-state index contributed by atoms with van der Waals surface area (Å²) in [5.74, 6) is 1.40. The van der Waals surface area contributed by atoms with Crippen LogP contribution in [0.4, 0.5) is 0 Å². The fraction of sp³-hybridized carbons (Fsp3) is 0.714. The monoisotopic (exact) mass is 316 g/mol. The number of nitrogens with zero attached hydrogens (tertiary/aromatic N) is 1. The van der Waals surface area contributed by atoms with Gasteiger partial charge in [-0.15, -0.1) is 11.3 Å². The Balaban J connectivity index is 2.28. The van der Waals surface area contributed by atoms with Gasteiger partial charge in [0.2, 0.25) is 0 Å². The van der Waals surface area contributed by atoms with E-state index in [-0.39, 0.29) is 11.4 Å². The van der Waals surface area contributed by atoms with Crippen molar-refractivity contribution in [2.24, 2.45) is 5.73 Å².